The first-order valence-electron chi connectivity index (χ1n) is 17.9. The van der Waals surface area contributed by atoms with E-state index < -0.39 is 24.3 Å². The second-order valence-corrected chi connectivity index (χ2v) is 14.5. The van der Waals surface area contributed by atoms with Gasteiger partial charge in [0, 0.05) is 36.7 Å². The van der Waals surface area contributed by atoms with E-state index in [0.717, 1.165) is 44.1 Å². The van der Waals surface area contributed by atoms with E-state index >= 15 is 0 Å². The molecule has 2 aliphatic rings. The number of aliphatic hydroxyl groups is 1. The number of hydrogen-bond acceptors (Lipinski definition) is 9. The number of rotatable bonds is 12. The second-order valence-electron chi connectivity index (χ2n) is 13.6. The third kappa shape index (κ3) is 8.58. The lowest BCUT2D eigenvalue weighted by Gasteiger charge is -2.41. The lowest BCUT2D eigenvalue weighted by atomic mass is 9.91. The molecule has 0 bridgehead atoms. The van der Waals surface area contributed by atoms with Gasteiger partial charge in [0.05, 0.1) is 31.8 Å². The molecule has 1 aromatic heterocycles. The largest absolute Gasteiger partial charge is 0.445 e. The van der Waals surface area contributed by atoms with Crippen LogP contribution in [0, 0.1) is 5.92 Å². The summed E-state index contributed by atoms with van der Waals surface area (Å²) in [5.41, 5.74) is 6.10. The van der Waals surface area contributed by atoms with Gasteiger partial charge in [0.25, 0.3) is 5.91 Å². The molecule has 11 nitrogen and oxygen atoms in total. The molecule has 3 amide bonds. The van der Waals surface area contributed by atoms with E-state index in [9.17, 15) is 19.5 Å². The van der Waals surface area contributed by atoms with Crippen LogP contribution in [0.1, 0.15) is 53.6 Å². The van der Waals surface area contributed by atoms with Gasteiger partial charge in [0.2, 0.25) is 5.91 Å². The number of ether oxygens (including phenoxy) is 3. The standard InChI is InChI=1S/C42H42N4O7S/c1-27-36(26-54-41-43-18-19-45(41)2)52-40(53-38(27)31-16-14-28(24-47)15-17-31)34-13-7-12-33(21-34)32-11-6-10-30(20-32)23-46-37(48)22-35(39(46)49)44-42(50)51-25-29-8-4-3-5-9-29/h3-21,27,35-36,38,40,47H,22-26H2,1-2H3,(H,44,50)/t27-,35?,36+,38+,40+/m0/s1. The van der Waals surface area contributed by atoms with Gasteiger partial charge in [-0.05, 0) is 45.5 Å². The van der Waals surface area contributed by atoms with Crippen molar-refractivity contribution >= 4 is 29.7 Å². The van der Waals surface area contributed by atoms with E-state index in [1.807, 2.05) is 121 Å². The summed E-state index contributed by atoms with van der Waals surface area (Å²) in [6, 6.07) is 31.8. The zero-order chi connectivity index (χ0) is 37.6. The maximum atomic E-state index is 13.2. The Morgan fingerprint density at radius 1 is 0.907 bits per heavy atom. The van der Waals surface area contributed by atoms with Gasteiger partial charge >= 0.3 is 6.09 Å². The van der Waals surface area contributed by atoms with Gasteiger partial charge in [0.1, 0.15) is 12.6 Å². The first-order valence-corrected chi connectivity index (χ1v) is 18.9. The Labute approximate surface area is 318 Å². The van der Waals surface area contributed by atoms with Gasteiger partial charge in [-0.2, -0.15) is 0 Å². The van der Waals surface area contributed by atoms with Crippen LogP contribution in [0.15, 0.2) is 121 Å². The number of nitrogens with zero attached hydrogens (tertiary/aromatic N) is 3. The molecule has 0 spiro atoms. The maximum absolute atomic E-state index is 13.2. The molecule has 3 heterocycles. The molecule has 0 radical (unpaired) electrons. The topological polar surface area (TPSA) is 132 Å². The number of likely N-dealkylation sites (tertiary alicyclic amines) is 1. The first-order chi connectivity index (χ1) is 26.2. The molecular formula is C42H42N4O7S. The average molecular weight is 747 g/mol. The number of thioether (sulfide) groups is 1. The van der Waals surface area contributed by atoms with E-state index in [1.54, 1.807) is 18.0 Å². The van der Waals surface area contributed by atoms with Gasteiger partial charge < -0.3 is 29.2 Å². The summed E-state index contributed by atoms with van der Waals surface area (Å²) in [5, 5.41) is 13.1. The van der Waals surface area contributed by atoms with Crippen molar-refractivity contribution in [1.82, 2.24) is 19.8 Å². The lowest BCUT2D eigenvalue weighted by molar-refractivity contribution is -0.268. The molecule has 2 fully saturated rings. The zero-order valence-corrected chi connectivity index (χ0v) is 30.9. The number of amides is 3. The van der Waals surface area contributed by atoms with Crippen LogP contribution in [0.3, 0.4) is 0 Å². The number of aryl methyl sites for hydroxylation is 1. The highest BCUT2D eigenvalue weighted by Gasteiger charge is 2.40. The molecule has 0 aliphatic carbocycles. The lowest BCUT2D eigenvalue weighted by Crippen LogP contribution is -2.41. The van der Waals surface area contributed by atoms with Crippen molar-refractivity contribution in [3.63, 3.8) is 0 Å². The van der Waals surface area contributed by atoms with E-state index in [-0.39, 0.29) is 50.2 Å². The Morgan fingerprint density at radius 2 is 1.65 bits per heavy atom. The van der Waals surface area contributed by atoms with Crippen molar-refractivity contribution in [2.75, 3.05) is 5.75 Å². The molecule has 5 atom stereocenters. The Hall–Kier alpha value is -5.27. The van der Waals surface area contributed by atoms with E-state index in [4.69, 9.17) is 14.2 Å². The van der Waals surface area contributed by atoms with Crippen molar-refractivity contribution in [1.29, 1.82) is 0 Å². The van der Waals surface area contributed by atoms with E-state index in [2.05, 4.69) is 17.2 Å². The minimum absolute atomic E-state index is 0.0274. The van der Waals surface area contributed by atoms with Crippen molar-refractivity contribution in [3.05, 3.63) is 143 Å². The van der Waals surface area contributed by atoms with Gasteiger partial charge in [0.15, 0.2) is 11.4 Å². The highest BCUT2D eigenvalue weighted by Crippen LogP contribution is 2.43. The molecule has 4 aromatic carbocycles. The van der Waals surface area contributed by atoms with Crippen molar-refractivity contribution in [3.8, 4) is 11.1 Å². The number of aromatic nitrogens is 2. The quantitative estimate of drug-likeness (QED) is 0.106. The fourth-order valence-electron chi connectivity index (χ4n) is 6.72. The van der Waals surface area contributed by atoms with Crippen LogP contribution in [0.25, 0.3) is 11.1 Å². The predicted molar refractivity (Wildman–Crippen MR) is 203 cm³/mol. The summed E-state index contributed by atoms with van der Waals surface area (Å²) in [6.07, 6.45) is 1.77. The highest BCUT2D eigenvalue weighted by atomic mass is 32.2. The molecule has 7 rings (SSSR count). The third-order valence-electron chi connectivity index (χ3n) is 9.79. The fraction of sp³-hybridized carbons (Fsp3) is 0.286. The molecule has 54 heavy (non-hydrogen) atoms. The number of carbonyl (C=O) groups is 3. The average Bonchev–Trinajstić information content (AvgIpc) is 3.73. The Morgan fingerprint density at radius 3 is 2.39 bits per heavy atom. The van der Waals surface area contributed by atoms with E-state index in [1.165, 1.54) is 4.90 Å². The number of carbonyl (C=O) groups excluding carboxylic acids is 3. The summed E-state index contributed by atoms with van der Waals surface area (Å²) in [4.78, 5) is 44.3. The molecular weight excluding hydrogens is 705 g/mol. The van der Waals surface area contributed by atoms with Gasteiger partial charge in [-0.3, -0.25) is 14.5 Å². The molecule has 12 heteroatoms. The minimum Gasteiger partial charge on any atom is -0.445 e. The predicted octanol–water partition coefficient (Wildman–Crippen LogP) is 6.72. The van der Waals surface area contributed by atoms with Crippen LogP contribution in [-0.4, -0.2) is 55.4 Å². The zero-order valence-electron chi connectivity index (χ0n) is 30.0. The minimum atomic E-state index is -0.985. The molecule has 0 saturated carbocycles. The van der Waals surface area contributed by atoms with Crippen LogP contribution < -0.4 is 5.32 Å². The van der Waals surface area contributed by atoms with Gasteiger partial charge in [-0.25, -0.2) is 9.78 Å². The van der Waals surface area contributed by atoms with Crippen LogP contribution >= 0.6 is 11.8 Å². The van der Waals surface area contributed by atoms with Crippen LogP contribution in [0.5, 0.6) is 0 Å². The molecule has 2 aliphatic heterocycles. The summed E-state index contributed by atoms with van der Waals surface area (Å²) in [6.45, 7) is 2.24. The molecule has 5 aromatic rings. The number of imidazole rings is 1. The molecule has 2 saturated heterocycles. The number of imide groups is 1. The van der Waals surface area contributed by atoms with Gasteiger partial charge in [-0.1, -0.05) is 110 Å². The third-order valence-corrected chi connectivity index (χ3v) is 10.9. The number of alkyl carbamates (subject to hydrolysis) is 1. The van der Waals surface area contributed by atoms with Crippen molar-refractivity contribution in [2.24, 2.45) is 13.0 Å². The number of hydrogen-bond donors (Lipinski definition) is 2. The van der Waals surface area contributed by atoms with Gasteiger partial charge in [-0.15, -0.1) is 0 Å². The summed E-state index contributed by atoms with van der Waals surface area (Å²) >= 11 is 1.64. The van der Waals surface area contributed by atoms with E-state index in [0.29, 0.717) is 5.75 Å². The summed E-state index contributed by atoms with van der Waals surface area (Å²) < 4.78 is 20.6. The maximum Gasteiger partial charge on any atom is 0.408 e. The summed E-state index contributed by atoms with van der Waals surface area (Å²) in [7, 11) is 1.97. The second kappa shape index (κ2) is 16.8. The molecule has 2 N–H and O–H groups in total. The fourth-order valence-corrected chi connectivity index (χ4v) is 7.82. The Balaban J connectivity index is 1.05. The number of aliphatic hydroxyl groups excluding tert-OH is 1. The van der Waals surface area contributed by atoms with Crippen LogP contribution in [-0.2, 0) is 50.6 Å². The normalized spacial score (nSPS) is 21.3. The molecule has 1 unspecified atom stereocenters. The SMILES string of the molecule is C[C@H]1[C@@H](CSc2nccn2C)O[C@@H](c2cccc(-c3cccc(CN4C(=O)CC(NC(=O)OCc5ccccc5)C4=O)c3)c2)O[C@H]1c1ccc(CO)cc1. The van der Waals surface area contributed by atoms with Crippen LogP contribution in [0.2, 0.25) is 0 Å². The monoisotopic (exact) mass is 746 g/mol. The Kier molecular flexibility index (Phi) is 11.5. The highest BCUT2D eigenvalue weighted by molar-refractivity contribution is 7.99. The number of benzene rings is 4. The Bertz CT molecular complexity index is 2090. The molecule has 278 valence electrons. The smallest absolute Gasteiger partial charge is 0.408 e. The first kappa shape index (κ1) is 37.1. The van der Waals surface area contributed by atoms with Crippen molar-refractivity contribution in [2.45, 2.75) is 62.8 Å². The van der Waals surface area contributed by atoms with Crippen LogP contribution in [0.4, 0.5) is 4.79 Å². The number of nitrogens with one attached hydrogen (secondary N) is 1. The van der Waals surface area contributed by atoms with Crippen molar-refractivity contribution < 1.29 is 33.7 Å². The summed E-state index contributed by atoms with van der Waals surface area (Å²) in [5.74, 6) is -0.128.